The van der Waals surface area contributed by atoms with E-state index in [1.807, 2.05) is 0 Å². The molecule has 1 unspecified atom stereocenters. The molecule has 0 aromatic carbocycles. The Morgan fingerprint density at radius 3 is 2.44 bits per heavy atom. The van der Waals surface area contributed by atoms with Crippen LogP contribution in [0.2, 0.25) is 0 Å². The third-order valence-corrected chi connectivity index (χ3v) is 2.95. The second-order valence-corrected chi connectivity index (χ2v) is 4.86. The highest BCUT2D eigenvalue weighted by molar-refractivity contribution is 4.68. The second kappa shape index (κ2) is 10.1. The summed E-state index contributed by atoms with van der Waals surface area (Å²) in [6.07, 6.45) is 1.26. The monoisotopic (exact) mass is 230 g/mol. The van der Waals surface area contributed by atoms with Crippen molar-refractivity contribution < 1.29 is 4.74 Å². The van der Waals surface area contributed by atoms with E-state index in [0.29, 0.717) is 6.04 Å². The number of hydrogen-bond acceptors (Lipinski definition) is 3. The van der Waals surface area contributed by atoms with Crippen LogP contribution in [0.15, 0.2) is 0 Å². The molecule has 1 atom stereocenters. The maximum atomic E-state index is 5.12. The minimum atomic E-state index is 0.590. The van der Waals surface area contributed by atoms with Gasteiger partial charge in [-0.25, -0.2) is 0 Å². The highest BCUT2D eigenvalue weighted by Crippen LogP contribution is 1.99. The number of ether oxygens (including phenoxy) is 1. The molecular weight excluding hydrogens is 200 g/mol. The fourth-order valence-corrected chi connectivity index (χ4v) is 1.73. The lowest BCUT2D eigenvalue weighted by molar-refractivity contribution is 0.128. The van der Waals surface area contributed by atoms with E-state index in [1.165, 1.54) is 6.42 Å². The molecule has 0 rings (SSSR count). The molecule has 3 heteroatoms. The summed E-state index contributed by atoms with van der Waals surface area (Å²) in [4.78, 5) is 2.45. The van der Waals surface area contributed by atoms with E-state index in [9.17, 15) is 0 Å². The molecule has 0 saturated heterocycles. The molecule has 0 aromatic heterocycles. The van der Waals surface area contributed by atoms with Crippen LogP contribution in [0.25, 0.3) is 0 Å². The molecule has 0 aliphatic rings. The van der Waals surface area contributed by atoms with Crippen LogP contribution >= 0.6 is 0 Å². The average Bonchev–Trinajstić information content (AvgIpc) is 2.25. The molecule has 0 aromatic rings. The van der Waals surface area contributed by atoms with Gasteiger partial charge in [-0.2, -0.15) is 0 Å². The Morgan fingerprint density at radius 2 is 1.94 bits per heavy atom. The first-order chi connectivity index (χ1) is 7.61. The molecule has 98 valence electrons. The minimum Gasteiger partial charge on any atom is -0.383 e. The maximum absolute atomic E-state index is 5.12. The summed E-state index contributed by atoms with van der Waals surface area (Å²) < 4.78 is 5.12. The number of nitrogens with zero attached hydrogens (tertiary/aromatic N) is 1. The first-order valence-corrected chi connectivity index (χ1v) is 6.55. The number of methoxy groups -OCH3 is 1. The number of nitrogens with one attached hydrogen (secondary N) is 1. The highest BCUT2D eigenvalue weighted by atomic mass is 16.5. The molecular formula is C13H30N2O. The van der Waals surface area contributed by atoms with E-state index >= 15 is 0 Å². The Labute approximate surface area is 102 Å². The van der Waals surface area contributed by atoms with Gasteiger partial charge in [0.1, 0.15) is 0 Å². The van der Waals surface area contributed by atoms with Crippen LogP contribution in [0, 0.1) is 5.92 Å². The van der Waals surface area contributed by atoms with Gasteiger partial charge in [-0.05, 0) is 32.4 Å². The van der Waals surface area contributed by atoms with Gasteiger partial charge in [0.2, 0.25) is 0 Å². The number of hydrogen-bond donors (Lipinski definition) is 1. The molecule has 0 fully saturated rings. The van der Waals surface area contributed by atoms with Crippen LogP contribution in [0.3, 0.4) is 0 Å². The summed E-state index contributed by atoms with van der Waals surface area (Å²) in [7, 11) is 1.76. The lowest BCUT2D eigenvalue weighted by Crippen LogP contribution is -2.42. The Balaban J connectivity index is 3.62. The van der Waals surface area contributed by atoms with Crippen molar-refractivity contribution in [2.75, 3.05) is 39.9 Å². The Hall–Kier alpha value is -0.120. The molecule has 0 spiro atoms. The molecule has 0 heterocycles. The van der Waals surface area contributed by atoms with Gasteiger partial charge in [0.25, 0.3) is 0 Å². The molecule has 0 amide bonds. The van der Waals surface area contributed by atoms with Gasteiger partial charge >= 0.3 is 0 Å². The van der Waals surface area contributed by atoms with Crippen molar-refractivity contribution in [3.63, 3.8) is 0 Å². The second-order valence-electron chi connectivity index (χ2n) is 4.86. The molecule has 3 nitrogen and oxygen atoms in total. The lowest BCUT2D eigenvalue weighted by Gasteiger charge is -2.27. The van der Waals surface area contributed by atoms with Crippen molar-refractivity contribution >= 4 is 0 Å². The van der Waals surface area contributed by atoms with Crippen molar-refractivity contribution in [1.82, 2.24) is 10.2 Å². The van der Waals surface area contributed by atoms with Gasteiger partial charge in [-0.3, -0.25) is 4.90 Å². The number of rotatable bonds is 10. The fourth-order valence-electron chi connectivity index (χ4n) is 1.73. The predicted molar refractivity (Wildman–Crippen MR) is 70.9 cm³/mol. The smallest absolute Gasteiger partial charge is 0.0589 e. The quantitative estimate of drug-likeness (QED) is 0.581. The zero-order chi connectivity index (χ0) is 12.4. The van der Waals surface area contributed by atoms with Crippen molar-refractivity contribution in [1.29, 1.82) is 0 Å². The average molecular weight is 230 g/mol. The zero-order valence-corrected chi connectivity index (χ0v) is 11.8. The molecule has 0 saturated carbocycles. The van der Waals surface area contributed by atoms with E-state index in [1.54, 1.807) is 7.11 Å². The van der Waals surface area contributed by atoms with Gasteiger partial charge in [-0.1, -0.05) is 20.8 Å². The lowest BCUT2D eigenvalue weighted by atomic mass is 10.1. The van der Waals surface area contributed by atoms with Gasteiger partial charge in [-0.15, -0.1) is 0 Å². The summed E-state index contributed by atoms with van der Waals surface area (Å²) in [6, 6.07) is 0.590. The Bertz CT molecular complexity index is 151. The molecule has 0 aliphatic carbocycles. The van der Waals surface area contributed by atoms with Crippen LogP contribution < -0.4 is 5.32 Å². The van der Waals surface area contributed by atoms with Crippen LogP contribution in [0.4, 0.5) is 0 Å². The fraction of sp³-hybridized carbons (Fsp3) is 1.00. The third-order valence-electron chi connectivity index (χ3n) is 2.95. The zero-order valence-electron chi connectivity index (χ0n) is 11.8. The minimum absolute atomic E-state index is 0.590. The van der Waals surface area contributed by atoms with Crippen LogP contribution in [-0.2, 0) is 4.74 Å². The summed E-state index contributed by atoms with van der Waals surface area (Å²) >= 11 is 0. The van der Waals surface area contributed by atoms with E-state index in [0.717, 1.165) is 38.7 Å². The molecule has 16 heavy (non-hydrogen) atoms. The van der Waals surface area contributed by atoms with Gasteiger partial charge < -0.3 is 10.1 Å². The molecule has 0 aliphatic heterocycles. The number of likely N-dealkylation sites (N-methyl/N-ethyl adjacent to an activating group) is 1. The summed E-state index contributed by atoms with van der Waals surface area (Å²) in [5, 5.41) is 3.53. The van der Waals surface area contributed by atoms with Gasteiger partial charge in [0.15, 0.2) is 0 Å². The van der Waals surface area contributed by atoms with Crippen LogP contribution in [0.1, 0.15) is 34.1 Å². The standard InChI is InChI=1S/C13H30N2O/c1-6-15(9-10-16-5)13(4)11-14-8-7-12(2)3/h12-14H,6-11H2,1-5H3. The van der Waals surface area contributed by atoms with Crippen molar-refractivity contribution in [2.45, 2.75) is 40.2 Å². The normalized spacial score (nSPS) is 13.7. The van der Waals surface area contributed by atoms with Crippen molar-refractivity contribution in [2.24, 2.45) is 5.92 Å². The van der Waals surface area contributed by atoms with E-state index in [2.05, 4.69) is 37.9 Å². The van der Waals surface area contributed by atoms with Gasteiger partial charge in [0, 0.05) is 26.2 Å². The Morgan fingerprint density at radius 1 is 1.25 bits per heavy atom. The van der Waals surface area contributed by atoms with E-state index in [4.69, 9.17) is 4.74 Å². The van der Waals surface area contributed by atoms with E-state index < -0.39 is 0 Å². The first-order valence-electron chi connectivity index (χ1n) is 6.55. The van der Waals surface area contributed by atoms with Gasteiger partial charge in [0.05, 0.1) is 6.61 Å². The summed E-state index contributed by atoms with van der Waals surface area (Å²) in [5.74, 6) is 0.790. The third kappa shape index (κ3) is 8.08. The van der Waals surface area contributed by atoms with Crippen molar-refractivity contribution in [3.8, 4) is 0 Å². The molecule has 0 bridgehead atoms. The SMILES string of the molecule is CCN(CCOC)C(C)CNCCC(C)C. The van der Waals surface area contributed by atoms with Crippen LogP contribution in [-0.4, -0.2) is 50.8 Å². The highest BCUT2D eigenvalue weighted by Gasteiger charge is 2.10. The Kier molecular flexibility index (Phi) is 9.99. The van der Waals surface area contributed by atoms with Crippen molar-refractivity contribution in [3.05, 3.63) is 0 Å². The largest absolute Gasteiger partial charge is 0.383 e. The summed E-state index contributed by atoms with van der Waals surface area (Å²) in [6.45, 7) is 14.2. The van der Waals surface area contributed by atoms with E-state index in [-0.39, 0.29) is 0 Å². The predicted octanol–water partition coefficient (Wildman–Crippen LogP) is 1.98. The summed E-state index contributed by atoms with van der Waals surface area (Å²) in [5.41, 5.74) is 0. The van der Waals surface area contributed by atoms with Crippen LogP contribution in [0.5, 0.6) is 0 Å². The topological polar surface area (TPSA) is 24.5 Å². The first kappa shape index (κ1) is 15.9. The molecule has 1 N–H and O–H groups in total. The maximum Gasteiger partial charge on any atom is 0.0589 e. The molecule has 0 radical (unpaired) electrons.